The van der Waals surface area contributed by atoms with Gasteiger partial charge in [0, 0.05) is 10.1 Å². The molecule has 20 heavy (non-hydrogen) atoms. The van der Waals surface area contributed by atoms with Crippen molar-refractivity contribution < 1.29 is 0 Å². The van der Waals surface area contributed by atoms with Crippen LogP contribution >= 0.6 is 11.3 Å². The summed E-state index contributed by atoms with van der Waals surface area (Å²) in [6, 6.07) is 22.0. The monoisotopic (exact) mass is 274 g/mol. The van der Waals surface area contributed by atoms with Crippen LogP contribution in [0.15, 0.2) is 66.0 Å². The largest absolute Gasteiger partial charge is 0.144 e. The van der Waals surface area contributed by atoms with Crippen molar-refractivity contribution in [3.63, 3.8) is 0 Å². The Kier molecular flexibility index (Phi) is 2.61. The van der Waals surface area contributed by atoms with E-state index in [2.05, 4.69) is 73.0 Å². The molecular formula is C19H14S. The summed E-state index contributed by atoms with van der Waals surface area (Å²) in [5, 5.41) is 6.19. The topological polar surface area (TPSA) is 0 Å². The fourth-order valence-electron chi connectivity index (χ4n) is 2.81. The summed E-state index contributed by atoms with van der Waals surface area (Å²) in [5.74, 6) is 0. The first-order chi connectivity index (χ1) is 9.83. The standard InChI is InChI=1S/C19H14S/c1-13-6-8-14(9-7-13)19-16-5-3-2-4-15(16)12-18-17(19)10-11-20-18/h2-12H,1H3. The van der Waals surface area contributed by atoms with Gasteiger partial charge in [-0.2, -0.15) is 0 Å². The van der Waals surface area contributed by atoms with Crippen LogP contribution in [0, 0.1) is 6.92 Å². The van der Waals surface area contributed by atoms with Crippen LogP contribution in [0.1, 0.15) is 5.56 Å². The molecule has 0 radical (unpaired) electrons. The summed E-state index contributed by atoms with van der Waals surface area (Å²) in [7, 11) is 0. The second-order valence-corrected chi connectivity index (χ2v) is 6.12. The minimum absolute atomic E-state index is 1.30. The van der Waals surface area contributed by atoms with Crippen LogP contribution in [0.4, 0.5) is 0 Å². The lowest BCUT2D eigenvalue weighted by Gasteiger charge is -2.09. The molecule has 1 heterocycles. The Labute approximate surface area is 122 Å². The van der Waals surface area contributed by atoms with E-state index in [-0.39, 0.29) is 0 Å². The van der Waals surface area contributed by atoms with E-state index in [1.807, 2.05) is 11.3 Å². The van der Waals surface area contributed by atoms with Gasteiger partial charge in [0.2, 0.25) is 0 Å². The Morgan fingerprint density at radius 1 is 0.800 bits per heavy atom. The highest BCUT2D eigenvalue weighted by atomic mass is 32.1. The fraction of sp³-hybridized carbons (Fsp3) is 0.0526. The summed E-state index contributed by atoms with van der Waals surface area (Å²) < 4.78 is 1.36. The second kappa shape index (κ2) is 4.46. The zero-order chi connectivity index (χ0) is 13.5. The Balaban J connectivity index is 2.17. The molecule has 0 bridgehead atoms. The van der Waals surface area contributed by atoms with Crippen molar-refractivity contribution in [3.8, 4) is 11.1 Å². The van der Waals surface area contributed by atoms with E-state index in [9.17, 15) is 0 Å². The number of fused-ring (bicyclic) bond motifs is 2. The number of aryl methyl sites for hydroxylation is 1. The summed E-state index contributed by atoms with van der Waals surface area (Å²) in [5.41, 5.74) is 3.96. The highest BCUT2D eigenvalue weighted by Gasteiger charge is 2.10. The van der Waals surface area contributed by atoms with E-state index in [0.29, 0.717) is 0 Å². The van der Waals surface area contributed by atoms with E-state index < -0.39 is 0 Å². The van der Waals surface area contributed by atoms with Gasteiger partial charge in [0.15, 0.2) is 0 Å². The SMILES string of the molecule is Cc1ccc(-c2c3ccccc3cc3sccc23)cc1. The maximum atomic E-state index is 2.30. The molecular weight excluding hydrogens is 260 g/mol. The molecule has 3 aromatic carbocycles. The summed E-state index contributed by atoms with van der Waals surface area (Å²) in [4.78, 5) is 0. The summed E-state index contributed by atoms with van der Waals surface area (Å²) >= 11 is 1.81. The van der Waals surface area contributed by atoms with E-state index in [1.165, 1.54) is 37.5 Å². The number of hydrogen-bond donors (Lipinski definition) is 0. The Bertz CT molecular complexity index is 898. The Morgan fingerprint density at radius 2 is 1.60 bits per heavy atom. The maximum absolute atomic E-state index is 2.30. The predicted molar refractivity (Wildman–Crippen MR) is 89.5 cm³/mol. The number of rotatable bonds is 1. The summed E-state index contributed by atoms with van der Waals surface area (Å²) in [6.07, 6.45) is 0. The molecule has 4 rings (SSSR count). The van der Waals surface area contributed by atoms with Gasteiger partial charge in [0.25, 0.3) is 0 Å². The normalized spacial score (nSPS) is 11.2. The van der Waals surface area contributed by atoms with Crippen molar-refractivity contribution in [2.45, 2.75) is 6.92 Å². The number of thiophene rings is 1. The van der Waals surface area contributed by atoms with Gasteiger partial charge in [-0.25, -0.2) is 0 Å². The molecule has 0 unspecified atom stereocenters. The molecule has 0 amide bonds. The van der Waals surface area contributed by atoms with E-state index >= 15 is 0 Å². The molecule has 0 fully saturated rings. The summed E-state index contributed by atoms with van der Waals surface area (Å²) in [6.45, 7) is 2.13. The van der Waals surface area contributed by atoms with Crippen LogP contribution in [-0.2, 0) is 0 Å². The Hall–Kier alpha value is -2.12. The smallest absolute Gasteiger partial charge is 0.0355 e. The van der Waals surface area contributed by atoms with Gasteiger partial charge in [-0.15, -0.1) is 11.3 Å². The van der Waals surface area contributed by atoms with Gasteiger partial charge in [0.05, 0.1) is 0 Å². The first-order valence-electron chi connectivity index (χ1n) is 6.79. The van der Waals surface area contributed by atoms with Crippen molar-refractivity contribution in [1.29, 1.82) is 0 Å². The molecule has 0 aliphatic carbocycles. The number of benzene rings is 3. The first-order valence-corrected chi connectivity index (χ1v) is 7.67. The third kappa shape index (κ3) is 1.75. The molecule has 1 aromatic heterocycles. The van der Waals surface area contributed by atoms with Crippen molar-refractivity contribution in [2.24, 2.45) is 0 Å². The average Bonchev–Trinajstić information content (AvgIpc) is 2.93. The maximum Gasteiger partial charge on any atom is 0.0355 e. The third-order valence-electron chi connectivity index (χ3n) is 3.82. The van der Waals surface area contributed by atoms with Crippen LogP contribution < -0.4 is 0 Å². The van der Waals surface area contributed by atoms with Crippen molar-refractivity contribution in [3.05, 3.63) is 71.6 Å². The average molecular weight is 274 g/mol. The molecule has 0 nitrogen and oxygen atoms in total. The fourth-order valence-corrected chi connectivity index (χ4v) is 3.65. The Morgan fingerprint density at radius 3 is 2.45 bits per heavy atom. The predicted octanol–water partition coefficient (Wildman–Crippen LogP) is 6.03. The molecule has 0 spiro atoms. The van der Waals surface area contributed by atoms with Crippen LogP contribution in [0.2, 0.25) is 0 Å². The lowest BCUT2D eigenvalue weighted by atomic mass is 9.95. The van der Waals surface area contributed by atoms with Gasteiger partial charge in [-0.3, -0.25) is 0 Å². The minimum atomic E-state index is 1.30. The van der Waals surface area contributed by atoms with Crippen molar-refractivity contribution >= 4 is 32.2 Å². The molecule has 0 saturated carbocycles. The zero-order valence-corrected chi connectivity index (χ0v) is 12.1. The molecule has 96 valence electrons. The lowest BCUT2D eigenvalue weighted by molar-refractivity contribution is 1.48. The molecule has 0 aliphatic rings. The van der Waals surface area contributed by atoms with E-state index in [0.717, 1.165) is 0 Å². The molecule has 4 aromatic rings. The zero-order valence-electron chi connectivity index (χ0n) is 11.3. The first kappa shape index (κ1) is 11.7. The van der Waals surface area contributed by atoms with Gasteiger partial charge < -0.3 is 0 Å². The lowest BCUT2D eigenvalue weighted by Crippen LogP contribution is -1.83. The van der Waals surface area contributed by atoms with E-state index in [4.69, 9.17) is 0 Å². The molecule has 0 N–H and O–H groups in total. The quantitative estimate of drug-likeness (QED) is 0.397. The number of hydrogen-bond acceptors (Lipinski definition) is 1. The van der Waals surface area contributed by atoms with Crippen LogP contribution in [0.5, 0.6) is 0 Å². The minimum Gasteiger partial charge on any atom is -0.144 e. The third-order valence-corrected chi connectivity index (χ3v) is 4.69. The molecule has 0 saturated heterocycles. The highest BCUT2D eigenvalue weighted by molar-refractivity contribution is 7.17. The molecule has 0 aliphatic heterocycles. The van der Waals surface area contributed by atoms with E-state index in [1.54, 1.807) is 0 Å². The molecule has 0 atom stereocenters. The molecule has 1 heteroatoms. The van der Waals surface area contributed by atoms with Crippen LogP contribution in [0.3, 0.4) is 0 Å². The van der Waals surface area contributed by atoms with Crippen LogP contribution in [-0.4, -0.2) is 0 Å². The highest BCUT2D eigenvalue weighted by Crippen LogP contribution is 2.38. The van der Waals surface area contributed by atoms with Crippen LogP contribution in [0.25, 0.3) is 32.0 Å². The van der Waals surface area contributed by atoms with Gasteiger partial charge in [0.1, 0.15) is 0 Å². The van der Waals surface area contributed by atoms with Crippen molar-refractivity contribution in [2.75, 3.05) is 0 Å². The van der Waals surface area contributed by atoms with Gasteiger partial charge >= 0.3 is 0 Å². The van der Waals surface area contributed by atoms with Gasteiger partial charge in [-0.05, 0) is 46.3 Å². The second-order valence-electron chi connectivity index (χ2n) is 5.17. The van der Waals surface area contributed by atoms with Gasteiger partial charge in [-0.1, -0.05) is 54.1 Å². The van der Waals surface area contributed by atoms with Crippen molar-refractivity contribution in [1.82, 2.24) is 0 Å².